The SMILES string of the molecule is CSCC(C)Nc1ccc(C)cc1C(=O)O. The Kier molecular flexibility index (Phi) is 4.68. The van der Waals surface area contributed by atoms with E-state index in [0.29, 0.717) is 11.3 Å². The van der Waals surface area contributed by atoms with Gasteiger partial charge in [0.05, 0.1) is 5.56 Å². The minimum atomic E-state index is -0.887. The molecule has 0 bridgehead atoms. The molecule has 1 rings (SSSR count). The van der Waals surface area contributed by atoms with Gasteiger partial charge < -0.3 is 10.4 Å². The van der Waals surface area contributed by atoms with Crippen LogP contribution in [0.2, 0.25) is 0 Å². The first kappa shape index (κ1) is 12.9. The summed E-state index contributed by atoms with van der Waals surface area (Å²) in [6.07, 6.45) is 2.03. The van der Waals surface area contributed by atoms with Crippen LogP contribution in [0, 0.1) is 6.92 Å². The van der Waals surface area contributed by atoms with Gasteiger partial charge in [-0.3, -0.25) is 0 Å². The van der Waals surface area contributed by atoms with Gasteiger partial charge in [0.2, 0.25) is 0 Å². The summed E-state index contributed by atoms with van der Waals surface area (Å²) >= 11 is 1.74. The van der Waals surface area contributed by atoms with E-state index in [0.717, 1.165) is 11.3 Å². The molecule has 0 amide bonds. The summed E-state index contributed by atoms with van der Waals surface area (Å²) < 4.78 is 0. The lowest BCUT2D eigenvalue weighted by Gasteiger charge is -2.16. The lowest BCUT2D eigenvalue weighted by Crippen LogP contribution is -2.19. The van der Waals surface area contributed by atoms with Crippen LogP contribution in [0.5, 0.6) is 0 Å². The minimum Gasteiger partial charge on any atom is -0.478 e. The predicted octanol–water partition coefficient (Wildman–Crippen LogP) is 2.86. The van der Waals surface area contributed by atoms with E-state index in [1.54, 1.807) is 17.8 Å². The molecule has 1 aromatic carbocycles. The van der Waals surface area contributed by atoms with E-state index >= 15 is 0 Å². The van der Waals surface area contributed by atoms with Crippen molar-refractivity contribution in [3.8, 4) is 0 Å². The van der Waals surface area contributed by atoms with Gasteiger partial charge in [-0.1, -0.05) is 11.6 Å². The molecule has 3 nitrogen and oxygen atoms in total. The number of nitrogens with one attached hydrogen (secondary N) is 1. The van der Waals surface area contributed by atoms with Crippen LogP contribution in [0.15, 0.2) is 18.2 Å². The van der Waals surface area contributed by atoms with E-state index in [2.05, 4.69) is 5.32 Å². The lowest BCUT2D eigenvalue weighted by molar-refractivity contribution is 0.0698. The predicted molar refractivity (Wildman–Crippen MR) is 69.6 cm³/mol. The van der Waals surface area contributed by atoms with E-state index in [4.69, 9.17) is 5.11 Å². The monoisotopic (exact) mass is 239 g/mol. The summed E-state index contributed by atoms with van der Waals surface area (Å²) in [5, 5.41) is 12.3. The molecule has 0 heterocycles. The first-order valence-corrected chi connectivity index (χ1v) is 6.53. The number of aromatic carboxylic acids is 1. The number of carbonyl (C=O) groups is 1. The molecule has 1 atom stereocenters. The third-order valence-corrected chi connectivity index (χ3v) is 3.06. The van der Waals surface area contributed by atoms with Crippen molar-refractivity contribution in [3.05, 3.63) is 29.3 Å². The molecule has 88 valence electrons. The van der Waals surface area contributed by atoms with Gasteiger partial charge in [0.25, 0.3) is 0 Å². The van der Waals surface area contributed by atoms with Gasteiger partial charge in [0.1, 0.15) is 0 Å². The molecule has 0 aliphatic rings. The zero-order chi connectivity index (χ0) is 12.1. The molecular formula is C12H17NO2S. The topological polar surface area (TPSA) is 49.3 Å². The summed E-state index contributed by atoms with van der Waals surface area (Å²) in [5.41, 5.74) is 1.99. The number of benzene rings is 1. The van der Waals surface area contributed by atoms with Gasteiger partial charge in [-0.25, -0.2) is 4.79 Å². The Labute approximate surface area is 100 Å². The number of thioether (sulfide) groups is 1. The van der Waals surface area contributed by atoms with Crippen LogP contribution in [0.3, 0.4) is 0 Å². The number of hydrogen-bond acceptors (Lipinski definition) is 3. The Morgan fingerprint density at radius 1 is 1.56 bits per heavy atom. The Hall–Kier alpha value is -1.16. The Morgan fingerprint density at radius 3 is 2.81 bits per heavy atom. The van der Waals surface area contributed by atoms with Gasteiger partial charge in [-0.05, 0) is 32.2 Å². The van der Waals surface area contributed by atoms with E-state index in [9.17, 15) is 4.79 Å². The molecule has 1 aromatic rings. The van der Waals surface area contributed by atoms with E-state index < -0.39 is 5.97 Å². The molecule has 4 heteroatoms. The third-order valence-electron chi connectivity index (χ3n) is 2.22. The van der Waals surface area contributed by atoms with Gasteiger partial charge in [0, 0.05) is 17.5 Å². The van der Waals surface area contributed by atoms with Crippen molar-refractivity contribution in [1.82, 2.24) is 0 Å². The maximum absolute atomic E-state index is 11.1. The molecule has 1 unspecified atom stereocenters. The quantitative estimate of drug-likeness (QED) is 0.829. The second kappa shape index (κ2) is 5.80. The van der Waals surface area contributed by atoms with Crippen molar-refractivity contribution >= 4 is 23.4 Å². The van der Waals surface area contributed by atoms with Gasteiger partial charge in [-0.15, -0.1) is 0 Å². The molecule has 0 radical (unpaired) electrons. The highest BCUT2D eigenvalue weighted by molar-refractivity contribution is 7.98. The molecule has 0 saturated heterocycles. The molecule has 0 aliphatic heterocycles. The second-order valence-electron chi connectivity index (χ2n) is 3.85. The second-order valence-corrected chi connectivity index (χ2v) is 4.77. The molecule has 0 aromatic heterocycles. The smallest absolute Gasteiger partial charge is 0.337 e. The van der Waals surface area contributed by atoms with Crippen LogP contribution >= 0.6 is 11.8 Å². The average molecular weight is 239 g/mol. The fraction of sp³-hybridized carbons (Fsp3) is 0.417. The lowest BCUT2D eigenvalue weighted by atomic mass is 10.1. The zero-order valence-corrected chi connectivity index (χ0v) is 10.6. The largest absolute Gasteiger partial charge is 0.478 e. The number of carboxylic acid groups (broad SMARTS) is 1. The average Bonchev–Trinajstić information content (AvgIpc) is 2.20. The van der Waals surface area contributed by atoms with Crippen molar-refractivity contribution in [1.29, 1.82) is 0 Å². The van der Waals surface area contributed by atoms with Gasteiger partial charge in [0.15, 0.2) is 0 Å². The fourth-order valence-electron chi connectivity index (χ4n) is 1.52. The standard InChI is InChI=1S/C12H17NO2S/c1-8-4-5-11(10(6-8)12(14)15)13-9(2)7-16-3/h4-6,9,13H,7H2,1-3H3,(H,14,15). The van der Waals surface area contributed by atoms with Crippen LogP contribution < -0.4 is 5.32 Å². The first-order valence-electron chi connectivity index (χ1n) is 5.14. The Balaban J connectivity index is 2.90. The highest BCUT2D eigenvalue weighted by Crippen LogP contribution is 2.19. The third kappa shape index (κ3) is 3.45. The number of rotatable bonds is 5. The van der Waals surface area contributed by atoms with Crippen LogP contribution in [-0.2, 0) is 0 Å². The number of carboxylic acids is 1. The molecule has 0 spiro atoms. The van der Waals surface area contributed by atoms with Crippen LogP contribution in [-0.4, -0.2) is 29.1 Å². The first-order chi connectivity index (χ1) is 7.54. The zero-order valence-electron chi connectivity index (χ0n) is 9.78. The van der Waals surface area contributed by atoms with Crippen molar-refractivity contribution < 1.29 is 9.90 Å². The van der Waals surface area contributed by atoms with Gasteiger partial charge in [-0.2, -0.15) is 11.8 Å². The molecular weight excluding hydrogens is 222 g/mol. The normalized spacial score (nSPS) is 12.2. The molecule has 0 aliphatic carbocycles. The molecule has 0 fully saturated rings. The van der Waals surface area contributed by atoms with Crippen LogP contribution in [0.25, 0.3) is 0 Å². The minimum absolute atomic E-state index is 0.260. The van der Waals surface area contributed by atoms with Crippen LogP contribution in [0.1, 0.15) is 22.8 Å². The molecule has 2 N–H and O–H groups in total. The highest BCUT2D eigenvalue weighted by Gasteiger charge is 2.11. The molecule has 0 saturated carbocycles. The Morgan fingerprint density at radius 2 is 2.25 bits per heavy atom. The van der Waals surface area contributed by atoms with Crippen molar-refractivity contribution in [3.63, 3.8) is 0 Å². The maximum Gasteiger partial charge on any atom is 0.337 e. The summed E-state index contributed by atoms with van der Waals surface area (Å²) in [4.78, 5) is 11.1. The van der Waals surface area contributed by atoms with Crippen molar-refractivity contribution in [2.24, 2.45) is 0 Å². The number of anilines is 1. The number of aryl methyl sites for hydroxylation is 1. The highest BCUT2D eigenvalue weighted by atomic mass is 32.2. The van der Waals surface area contributed by atoms with Crippen LogP contribution in [0.4, 0.5) is 5.69 Å². The van der Waals surface area contributed by atoms with Crippen molar-refractivity contribution in [2.75, 3.05) is 17.3 Å². The Bertz CT molecular complexity index is 379. The summed E-state index contributed by atoms with van der Waals surface area (Å²) in [6, 6.07) is 5.70. The molecule has 16 heavy (non-hydrogen) atoms. The number of hydrogen-bond donors (Lipinski definition) is 2. The van der Waals surface area contributed by atoms with E-state index in [1.165, 1.54) is 0 Å². The summed E-state index contributed by atoms with van der Waals surface area (Å²) in [6.45, 7) is 3.93. The van der Waals surface area contributed by atoms with Crippen molar-refractivity contribution in [2.45, 2.75) is 19.9 Å². The van der Waals surface area contributed by atoms with Gasteiger partial charge >= 0.3 is 5.97 Å². The van der Waals surface area contributed by atoms with E-state index in [-0.39, 0.29) is 6.04 Å². The summed E-state index contributed by atoms with van der Waals surface area (Å²) in [5.74, 6) is 0.0648. The summed E-state index contributed by atoms with van der Waals surface area (Å²) in [7, 11) is 0. The fourth-order valence-corrected chi connectivity index (χ4v) is 2.10. The van der Waals surface area contributed by atoms with E-state index in [1.807, 2.05) is 32.2 Å². The maximum atomic E-state index is 11.1.